The van der Waals surface area contributed by atoms with E-state index in [-0.39, 0.29) is 0 Å². The molecule has 4 heteroatoms. The topological polar surface area (TPSA) is 37.8 Å². The molecule has 2 aromatic heterocycles. The summed E-state index contributed by atoms with van der Waals surface area (Å²) in [7, 11) is 1.96. The average molecular weight is 289 g/mol. The van der Waals surface area contributed by atoms with Crippen molar-refractivity contribution in [3.63, 3.8) is 0 Å². The van der Waals surface area contributed by atoms with Crippen molar-refractivity contribution in [2.24, 2.45) is 0 Å². The summed E-state index contributed by atoms with van der Waals surface area (Å²) in [5.74, 6) is 0. The SMILES string of the molecule is CNc1ccc2c3c(cccc13)-c1nc3cscc3nc1-2. The summed E-state index contributed by atoms with van der Waals surface area (Å²) in [4.78, 5) is 9.68. The molecule has 0 aliphatic heterocycles. The Hall–Kier alpha value is -2.46. The van der Waals surface area contributed by atoms with Gasteiger partial charge >= 0.3 is 0 Å². The van der Waals surface area contributed by atoms with Gasteiger partial charge in [-0.05, 0) is 6.07 Å². The van der Waals surface area contributed by atoms with E-state index in [1.807, 2.05) is 7.05 Å². The van der Waals surface area contributed by atoms with Crippen LogP contribution in [0.3, 0.4) is 0 Å². The van der Waals surface area contributed by atoms with E-state index < -0.39 is 0 Å². The van der Waals surface area contributed by atoms with Gasteiger partial charge in [-0.15, -0.1) is 11.3 Å². The van der Waals surface area contributed by atoms with E-state index in [0.29, 0.717) is 0 Å². The van der Waals surface area contributed by atoms with Gasteiger partial charge in [-0.3, -0.25) is 0 Å². The molecule has 0 saturated carbocycles. The molecule has 1 aliphatic rings. The monoisotopic (exact) mass is 289 g/mol. The van der Waals surface area contributed by atoms with Gasteiger partial charge in [0.2, 0.25) is 0 Å². The Labute approximate surface area is 125 Å². The molecule has 5 rings (SSSR count). The number of fused-ring (bicyclic) bond motifs is 4. The quantitative estimate of drug-likeness (QED) is 0.492. The van der Waals surface area contributed by atoms with Crippen molar-refractivity contribution in [1.29, 1.82) is 0 Å². The zero-order chi connectivity index (χ0) is 14.0. The third-order valence-corrected chi connectivity index (χ3v) is 4.85. The molecule has 0 radical (unpaired) electrons. The van der Waals surface area contributed by atoms with Crippen LogP contribution in [0.2, 0.25) is 0 Å². The van der Waals surface area contributed by atoms with Crippen LogP contribution in [0.15, 0.2) is 41.1 Å². The fourth-order valence-electron chi connectivity index (χ4n) is 3.19. The van der Waals surface area contributed by atoms with Gasteiger partial charge in [-0.2, -0.15) is 0 Å². The van der Waals surface area contributed by atoms with Crippen LogP contribution < -0.4 is 5.32 Å². The number of aromatic nitrogens is 2. The van der Waals surface area contributed by atoms with E-state index in [9.17, 15) is 0 Å². The predicted molar refractivity (Wildman–Crippen MR) is 88.9 cm³/mol. The molecule has 3 nitrogen and oxygen atoms in total. The van der Waals surface area contributed by atoms with E-state index >= 15 is 0 Å². The largest absolute Gasteiger partial charge is 0.388 e. The summed E-state index contributed by atoms with van der Waals surface area (Å²) in [6, 6.07) is 10.7. The maximum atomic E-state index is 4.84. The molecule has 1 N–H and O–H groups in total. The Morgan fingerprint density at radius 2 is 1.62 bits per heavy atom. The maximum Gasteiger partial charge on any atom is 0.100 e. The fraction of sp³-hybridized carbons (Fsp3) is 0.0588. The normalized spacial score (nSPS) is 12.0. The van der Waals surface area contributed by atoms with Crippen LogP contribution in [0.5, 0.6) is 0 Å². The van der Waals surface area contributed by atoms with Crippen LogP contribution in [-0.2, 0) is 0 Å². The number of nitrogens with one attached hydrogen (secondary N) is 1. The standard InChI is InChI=1S/C17H11N3S/c1-18-12-6-5-11-15-9(12)3-2-4-10(15)16-17(11)20-14-8-21-7-13(14)19-16/h2-8,18H,1H3. The second-order valence-corrected chi connectivity index (χ2v) is 5.95. The molecule has 0 atom stereocenters. The number of nitrogens with zero attached hydrogens (tertiary/aromatic N) is 2. The Kier molecular flexibility index (Phi) is 2.03. The highest BCUT2D eigenvalue weighted by Crippen LogP contribution is 2.47. The van der Waals surface area contributed by atoms with Gasteiger partial charge in [0, 0.05) is 45.4 Å². The first kappa shape index (κ1) is 11.2. The zero-order valence-electron chi connectivity index (χ0n) is 11.3. The summed E-state index contributed by atoms with van der Waals surface area (Å²) >= 11 is 1.65. The Morgan fingerprint density at radius 3 is 2.33 bits per heavy atom. The van der Waals surface area contributed by atoms with E-state index in [1.165, 1.54) is 21.9 Å². The van der Waals surface area contributed by atoms with Crippen molar-refractivity contribution < 1.29 is 0 Å². The number of thiophene rings is 1. The molecule has 0 unspecified atom stereocenters. The molecule has 4 aromatic rings. The first-order valence-corrected chi connectivity index (χ1v) is 7.79. The number of rotatable bonds is 1. The van der Waals surface area contributed by atoms with Crippen LogP contribution in [-0.4, -0.2) is 17.0 Å². The fourth-order valence-corrected chi connectivity index (χ4v) is 3.87. The first-order chi connectivity index (χ1) is 10.4. The highest BCUT2D eigenvalue weighted by atomic mass is 32.1. The molecule has 2 heterocycles. The van der Waals surface area contributed by atoms with Crippen LogP contribution in [0, 0.1) is 0 Å². The average Bonchev–Trinajstić information content (AvgIpc) is 3.10. The smallest absolute Gasteiger partial charge is 0.100 e. The Bertz CT molecular complexity index is 989. The number of hydrogen-bond acceptors (Lipinski definition) is 4. The molecule has 21 heavy (non-hydrogen) atoms. The highest BCUT2D eigenvalue weighted by Gasteiger charge is 2.25. The molecule has 2 aromatic carbocycles. The van der Waals surface area contributed by atoms with Crippen LogP contribution in [0.4, 0.5) is 5.69 Å². The van der Waals surface area contributed by atoms with Gasteiger partial charge in [-0.1, -0.05) is 24.3 Å². The van der Waals surface area contributed by atoms with Gasteiger partial charge in [0.1, 0.15) is 11.0 Å². The molecular weight excluding hydrogens is 278 g/mol. The summed E-state index contributed by atoms with van der Waals surface area (Å²) in [6.45, 7) is 0. The van der Waals surface area contributed by atoms with E-state index in [2.05, 4.69) is 46.4 Å². The minimum atomic E-state index is 0.984. The van der Waals surface area contributed by atoms with Crippen molar-refractivity contribution in [2.45, 2.75) is 0 Å². The third kappa shape index (κ3) is 1.33. The molecule has 0 bridgehead atoms. The zero-order valence-corrected chi connectivity index (χ0v) is 12.2. The minimum absolute atomic E-state index is 0.984. The second-order valence-electron chi connectivity index (χ2n) is 5.20. The summed E-state index contributed by atoms with van der Waals surface area (Å²) in [5.41, 5.74) is 7.51. The third-order valence-electron chi connectivity index (χ3n) is 4.13. The minimum Gasteiger partial charge on any atom is -0.388 e. The van der Waals surface area contributed by atoms with Crippen LogP contribution in [0.1, 0.15) is 0 Å². The van der Waals surface area contributed by atoms with Gasteiger partial charge in [-0.25, -0.2) is 9.97 Å². The maximum absolute atomic E-state index is 4.84. The molecular formula is C17H11N3S. The Morgan fingerprint density at radius 1 is 0.905 bits per heavy atom. The van der Waals surface area contributed by atoms with Gasteiger partial charge < -0.3 is 5.32 Å². The van der Waals surface area contributed by atoms with Gasteiger partial charge in [0.05, 0.1) is 11.4 Å². The lowest BCUT2D eigenvalue weighted by Crippen LogP contribution is -1.89. The summed E-state index contributed by atoms with van der Waals surface area (Å²) < 4.78 is 0. The van der Waals surface area contributed by atoms with E-state index in [1.54, 1.807) is 11.3 Å². The highest BCUT2D eigenvalue weighted by molar-refractivity contribution is 7.09. The van der Waals surface area contributed by atoms with Crippen molar-refractivity contribution in [2.75, 3.05) is 12.4 Å². The number of benzene rings is 2. The van der Waals surface area contributed by atoms with E-state index in [0.717, 1.165) is 28.1 Å². The molecule has 0 fully saturated rings. The molecule has 1 aliphatic carbocycles. The van der Waals surface area contributed by atoms with Crippen molar-refractivity contribution in [3.8, 4) is 22.5 Å². The van der Waals surface area contributed by atoms with Gasteiger partial charge in [0.15, 0.2) is 0 Å². The van der Waals surface area contributed by atoms with Crippen molar-refractivity contribution in [3.05, 3.63) is 41.1 Å². The molecule has 0 amide bonds. The molecule has 0 spiro atoms. The first-order valence-electron chi connectivity index (χ1n) is 6.85. The summed E-state index contributed by atoms with van der Waals surface area (Å²) in [6.07, 6.45) is 0. The lowest BCUT2D eigenvalue weighted by molar-refractivity contribution is 1.33. The predicted octanol–water partition coefficient (Wildman–Crippen LogP) is 4.53. The number of anilines is 1. The van der Waals surface area contributed by atoms with Gasteiger partial charge in [0.25, 0.3) is 0 Å². The Balaban J connectivity index is 1.99. The lowest BCUT2D eigenvalue weighted by atomic mass is 10.0. The molecule has 0 saturated heterocycles. The van der Waals surface area contributed by atoms with Crippen LogP contribution >= 0.6 is 11.3 Å². The summed E-state index contributed by atoms with van der Waals surface area (Å²) in [5, 5.41) is 9.88. The van der Waals surface area contributed by atoms with Crippen LogP contribution in [0.25, 0.3) is 44.3 Å². The molecule has 100 valence electrons. The van der Waals surface area contributed by atoms with Crippen molar-refractivity contribution in [1.82, 2.24) is 9.97 Å². The van der Waals surface area contributed by atoms with Crippen molar-refractivity contribution >= 4 is 38.8 Å². The second kappa shape index (κ2) is 3.80. The number of hydrogen-bond donors (Lipinski definition) is 1. The van der Waals surface area contributed by atoms with E-state index in [4.69, 9.17) is 9.97 Å². The lowest BCUT2D eigenvalue weighted by Gasteiger charge is -2.07.